The minimum atomic E-state index is -2.35. The Balaban J connectivity index is 1.76. The van der Waals surface area contributed by atoms with Crippen molar-refractivity contribution in [1.29, 1.82) is 0 Å². The van der Waals surface area contributed by atoms with Gasteiger partial charge in [-0.15, -0.1) is 0 Å². The van der Waals surface area contributed by atoms with Gasteiger partial charge in [-0.1, -0.05) is 84.9 Å². The van der Waals surface area contributed by atoms with Gasteiger partial charge in [-0.3, -0.25) is 0 Å². The lowest BCUT2D eigenvalue weighted by atomic mass is 10.1. The van der Waals surface area contributed by atoms with Crippen molar-refractivity contribution >= 4 is 34.2 Å². The predicted octanol–water partition coefficient (Wildman–Crippen LogP) is 6.13. The van der Waals surface area contributed by atoms with Crippen LogP contribution in [-0.4, -0.2) is 0 Å². The molecule has 2 heteroatoms. The van der Waals surface area contributed by atoms with Gasteiger partial charge in [0.15, 0.2) is 5.75 Å². The lowest BCUT2D eigenvalue weighted by molar-refractivity contribution is 0.621. The first kappa shape index (κ1) is 18.6. The van der Waals surface area contributed by atoms with E-state index in [4.69, 9.17) is 4.52 Å². The van der Waals surface area contributed by atoms with Crippen LogP contribution in [0.3, 0.4) is 0 Å². The van der Waals surface area contributed by atoms with Crippen molar-refractivity contribution in [1.82, 2.24) is 0 Å². The van der Waals surface area contributed by atoms with Crippen LogP contribution in [-0.2, 0) is 0 Å². The average molecular weight is 405 g/mol. The molecule has 1 nitrogen and oxygen atoms in total. The molecule has 5 aromatic carbocycles. The van der Waals surface area contributed by atoms with Crippen LogP contribution in [0.5, 0.6) is 5.75 Å². The van der Waals surface area contributed by atoms with Crippen molar-refractivity contribution in [2.45, 2.75) is 0 Å². The highest BCUT2D eigenvalue weighted by atomic mass is 31.2. The SMILES string of the molecule is c1ccc([P+](Oc2ccc3ccccc3c2)(c2ccccc2)c2ccccc2)cc1. The van der Waals surface area contributed by atoms with Crippen LogP contribution in [0.2, 0.25) is 0 Å². The van der Waals surface area contributed by atoms with Crippen molar-refractivity contribution < 1.29 is 4.52 Å². The molecule has 5 aromatic rings. The van der Waals surface area contributed by atoms with Crippen LogP contribution in [0.1, 0.15) is 0 Å². The molecule has 0 heterocycles. The van der Waals surface area contributed by atoms with E-state index in [9.17, 15) is 0 Å². The van der Waals surface area contributed by atoms with Crippen LogP contribution in [0, 0.1) is 0 Å². The van der Waals surface area contributed by atoms with Crippen molar-refractivity contribution in [3.8, 4) is 5.75 Å². The van der Waals surface area contributed by atoms with Crippen molar-refractivity contribution in [2.24, 2.45) is 0 Å². The Morgan fingerprint density at radius 2 is 0.833 bits per heavy atom. The van der Waals surface area contributed by atoms with E-state index < -0.39 is 7.49 Å². The summed E-state index contributed by atoms with van der Waals surface area (Å²) in [4.78, 5) is 0. The van der Waals surface area contributed by atoms with Crippen molar-refractivity contribution in [3.05, 3.63) is 133 Å². The maximum absolute atomic E-state index is 7.08. The summed E-state index contributed by atoms with van der Waals surface area (Å²) < 4.78 is 7.08. The summed E-state index contributed by atoms with van der Waals surface area (Å²) in [5.41, 5.74) is 0. The third-order valence-electron chi connectivity index (χ3n) is 5.32. The van der Waals surface area contributed by atoms with Gasteiger partial charge in [0.05, 0.1) is 0 Å². The lowest BCUT2D eigenvalue weighted by Crippen LogP contribution is -2.34. The molecule has 0 aliphatic carbocycles. The Morgan fingerprint density at radius 3 is 1.33 bits per heavy atom. The maximum atomic E-state index is 7.08. The standard InChI is InChI=1S/C28H22OP/c1-4-14-26(15-5-1)30(27-16-6-2-7-17-27,28-18-8-3-9-19-28)29-25-21-20-23-12-10-11-13-24(23)22-25/h1-22H/q+1. The van der Waals surface area contributed by atoms with Crippen LogP contribution < -0.4 is 20.4 Å². The first-order valence-corrected chi connectivity index (χ1v) is 11.8. The number of hydrogen-bond acceptors (Lipinski definition) is 1. The second kappa shape index (κ2) is 8.14. The Bertz CT molecular complexity index is 1150. The molecule has 144 valence electrons. The summed E-state index contributed by atoms with van der Waals surface area (Å²) in [6.07, 6.45) is 0. The molecule has 0 fully saturated rings. The minimum absolute atomic E-state index is 0.888. The van der Waals surface area contributed by atoms with Crippen LogP contribution in [0.4, 0.5) is 0 Å². The molecule has 0 N–H and O–H groups in total. The van der Waals surface area contributed by atoms with E-state index in [0.29, 0.717) is 0 Å². The molecule has 0 aliphatic rings. The highest BCUT2D eigenvalue weighted by molar-refractivity contribution is 7.92. The van der Waals surface area contributed by atoms with Crippen molar-refractivity contribution in [3.63, 3.8) is 0 Å². The monoisotopic (exact) mass is 405 g/mol. The first-order chi connectivity index (χ1) is 14.9. The third-order valence-corrected chi connectivity index (χ3v) is 8.88. The van der Waals surface area contributed by atoms with E-state index in [0.717, 1.165) is 5.75 Å². The largest absolute Gasteiger partial charge is 0.334 e. The fraction of sp³-hybridized carbons (Fsp3) is 0. The lowest BCUT2D eigenvalue weighted by Gasteiger charge is -2.26. The Labute approximate surface area is 178 Å². The fourth-order valence-corrected chi connectivity index (χ4v) is 7.32. The molecule has 0 saturated carbocycles. The summed E-state index contributed by atoms with van der Waals surface area (Å²) in [5, 5.41) is 6.01. The summed E-state index contributed by atoms with van der Waals surface area (Å²) in [6.45, 7) is 0. The van der Waals surface area contributed by atoms with Gasteiger partial charge in [-0.25, -0.2) is 0 Å². The predicted molar refractivity (Wildman–Crippen MR) is 130 cm³/mol. The molecule has 0 spiro atoms. The Kier molecular flexibility index (Phi) is 5.05. The first-order valence-electron chi connectivity index (χ1n) is 10.1. The Hall–Kier alpha value is -3.41. The highest BCUT2D eigenvalue weighted by Crippen LogP contribution is 2.56. The second-order valence-electron chi connectivity index (χ2n) is 7.22. The molecular formula is C28H22OP+. The zero-order valence-electron chi connectivity index (χ0n) is 16.6. The molecule has 0 bridgehead atoms. The number of hydrogen-bond donors (Lipinski definition) is 0. The molecule has 5 rings (SSSR count). The van der Waals surface area contributed by atoms with Crippen LogP contribution in [0.15, 0.2) is 133 Å². The second-order valence-corrected chi connectivity index (χ2v) is 10.2. The smallest absolute Gasteiger partial charge is 0.287 e. The number of fused-ring (bicyclic) bond motifs is 1. The van der Waals surface area contributed by atoms with E-state index in [-0.39, 0.29) is 0 Å². The zero-order chi connectivity index (χ0) is 20.2. The highest BCUT2D eigenvalue weighted by Gasteiger charge is 2.49. The summed E-state index contributed by atoms with van der Waals surface area (Å²) in [5.74, 6) is 0.888. The third kappa shape index (κ3) is 3.38. The summed E-state index contributed by atoms with van der Waals surface area (Å²) in [7, 11) is -2.35. The molecule has 0 aromatic heterocycles. The van der Waals surface area contributed by atoms with Gasteiger partial charge in [0.1, 0.15) is 15.9 Å². The minimum Gasteiger partial charge on any atom is -0.334 e. The van der Waals surface area contributed by atoms with Gasteiger partial charge < -0.3 is 4.52 Å². The van der Waals surface area contributed by atoms with Gasteiger partial charge in [0, 0.05) is 0 Å². The average Bonchev–Trinajstić information content (AvgIpc) is 2.84. The van der Waals surface area contributed by atoms with E-state index >= 15 is 0 Å². The summed E-state index contributed by atoms with van der Waals surface area (Å²) >= 11 is 0. The molecule has 0 atom stereocenters. The normalized spacial score (nSPS) is 11.3. The molecule has 30 heavy (non-hydrogen) atoms. The van der Waals surface area contributed by atoms with Gasteiger partial charge in [0.2, 0.25) is 0 Å². The molecule has 0 unspecified atom stereocenters. The van der Waals surface area contributed by atoms with E-state index in [1.807, 2.05) is 0 Å². The zero-order valence-corrected chi connectivity index (χ0v) is 17.5. The Morgan fingerprint density at radius 1 is 0.400 bits per heavy atom. The van der Waals surface area contributed by atoms with Crippen molar-refractivity contribution in [2.75, 3.05) is 0 Å². The summed E-state index contributed by atoms with van der Waals surface area (Å²) in [6, 6.07) is 46.7. The fourth-order valence-electron chi connectivity index (χ4n) is 3.90. The molecule has 0 saturated heterocycles. The molecule has 0 aliphatic heterocycles. The van der Waals surface area contributed by atoms with Crippen LogP contribution in [0.25, 0.3) is 10.8 Å². The van der Waals surface area contributed by atoms with E-state index in [1.54, 1.807) is 0 Å². The van der Waals surface area contributed by atoms with Crippen LogP contribution >= 0.6 is 7.49 Å². The van der Waals surface area contributed by atoms with E-state index in [1.165, 1.54) is 26.7 Å². The van der Waals surface area contributed by atoms with Gasteiger partial charge in [-0.05, 0) is 59.3 Å². The van der Waals surface area contributed by atoms with Gasteiger partial charge in [0.25, 0.3) is 7.49 Å². The van der Waals surface area contributed by atoms with Gasteiger partial charge >= 0.3 is 0 Å². The molecule has 0 radical (unpaired) electrons. The molecular weight excluding hydrogens is 383 g/mol. The molecule has 0 amide bonds. The van der Waals surface area contributed by atoms with E-state index in [2.05, 4.69) is 133 Å². The number of benzene rings is 5. The quantitative estimate of drug-likeness (QED) is 0.320. The number of rotatable bonds is 5. The maximum Gasteiger partial charge on any atom is 0.287 e. The van der Waals surface area contributed by atoms with Gasteiger partial charge in [-0.2, -0.15) is 0 Å². The topological polar surface area (TPSA) is 9.23 Å².